The summed E-state index contributed by atoms with van der Waals surface area (Å²) >= 11 is 2.84. The second-order valence-electron chi connectivity index (χ2n) is 8.73. The van der Waals surface area contributed by atoms with Crippen LogP contribution in [0.3, 0.4) is 0 Å². The van der Waals surface area contributed by atoms with Crippen molar-refractivity contribution in [2.45, 2.75) is 51.4 Å². The first-order chi connectivity index (χ1) is 16.6. The number of rotatable bonds is 6. The van der Waals surface area contributed by atoms with Crippen molar-refractivity contribution in [3.05, 3.63) is 74.6 Å². The van der Waals surface area contributed by atoms with E-state index in [1.165, 1.54) is 33.1 Å². The molecule has 1 aromatic carbocycles. The first-order valence-corrected chi connectivity index (χ1v) is 13.3. The Balaban J connectivity index is 1.40. The van der Waals surface area contributed by atoms with Gasteiger partial charge in [-0.3, -0.25) is 4.79 Å². The second-order valence-corrected chi connectivity index (χ2v) is 10.8. The number of anilines is 2. The minimum Gasteiger partial charge on any atom is -0.397 e. The number of hydrogen-bond acceptors (Lipinski definition) is 6. The Hall–Kier alpha value is -3.21. The van der Waals surface area contributed by atoms with Crippen molar-refractivity contribution in [2.24, 2.45) is 0 Å². The van der Waals surface area contributed by atoms with E-state index in [4.69, 9.17) is 10.7 Å². The van der Waals surface area contributed by atoms with E-state index in [-0.39, 0.29) is 5.91 Å². The van der Waals surface area contributed by atoms with E-state index >= 15 is 0 Å². The molecule has 3 heterocycles. The molecule has 0 bridgehead atoms. The molecule has 0 spiro atoms. The molecule has 5 nitrogen and oxygen atoms in total. The van der Waals surface area contributed by atoms with E-state index in [2.05, 4.69) is 42.6 Å². The number of fused-ring (bicyclic) bond motifs is 2. The monoisotopic (exact) mass is 486 g/mol. The van der Waals surface area contributed by atoms with Crippen LogP contribution in [-0.4, -0.2) is 10.9 Å². The maximum absolute atomic E-state index is 13.2. The molecule has 7 heteroatoms. The van der Waals surface area contributed by atoms with Crippen molar-refractivity contribution in [3.63, 3.8) is 0 Å². The number of hydrogen-bond donors (Lipinski definition) is 2. The number of pyridine rings is 1. The molecule has 1 aliphatic rings. The van der Waals surface area contributed by atoms with Crippen molar-refractivity contribution in [2.75, 3.05) is 11.1 Å². The maximum Gasteiger partial charge on any atom is 0.268 e. The number of thiophene rings is 2. The normalized spacial score (nSPS) is 15.1. The van der Waals surface area contributed by atoms with Crippen molar-refractivity contribution in [1.82, 2.24) is 4.98 Å². The van der Waals surface area contributed by atoms with Crippen LogP contribution in [0.25, 0.3) is 10.2 Å². The first kappa shape index (κ1) is 22.6. The summed E-state index contributed by atoms with van der Waals surface area (Å²) in [7, 11) is 0. The van der Waals surface area contributed by atoms with Gasteiger partial charge in [0.25, 0.3) is 5.91 Å². The fourth-order valence-corrected chi connectivity index (χ4v) is 6.94. The van der Waals surface area contributed by atoms with Crippen LogP contribution in [0.1, 0.15) is 69.0 Å². The molecule has 4 aromatic rings. The molecule has 3 aromatic heterocycles. The van der Waals surface area contributed by atoms with Gasteiger partial charge in [-0.2, -0.15) is 5.26 Å². The third-order valence-corrected chi connectivity index (χ3v) is 8.80. The first-order valence-electron chi connectivity index (χ1n) is 11.7. The van der Waals surface area contributed by atoms with E-state index in [0.29, 0.717) is 27.0 Å². The molecule has 172 valence electrons. The highest BCUT2D eigenvalue weighted by Crippen LogP contribution is 2.43. The Morgan fingerprint density at radius 1 is 1.24 bits per heavy atom. The van der Waals surface area contributed by atoms with Gasteiger partial charge in [0.15, 0.2) is 0 Å². The van der Waals surface area contributed by atoms with E-state index in [0.717, 1.165) is 60.0 Å². The van der Waals surface area contributed by atoms with Crippen LogP contribution < -0.4 is 11.1 Å². The number of aryl methyl sites for hydroxylation is 1. The van der Waals surface area contributed by atoms with Gasteiger partial charge in [0.05, 0.1) is 11.3 Å². The van der Waals surface area contributed by atoms with Gasteiger partial charge in [-0.05, 0) is 61.3 Å². The Labute approximate surface area is 207 Å². The number of carbonyl (C=O) groups excluding carboxylic acids is 1. The minimum atomic E-state index is -0.273. The quantitative estimate of drug-likeness (QED) is 0.318. The number of benzene rings is 1. The lowest BCUT2D eigenvalue weighted by atomic mass is 9.83. The number of unbranched alkanes of at least 4 members (excludes halogenated alkanes) is 1. The summed E-state index contributed by atoms with van der Waals surface area (Å²) in [5, 5.41) is 14.3. The highest BCUT2D eigenvalue weighted by atomic mass is 32.1. The summed E-state index contributed by atoms with van der Waals surface area (Å²) in [6, 6.07) is 16.8. The fourth-order valence-electron chi connectivity index (χ4n) is 4.66. The predicted octanol–water partition coefficient (Wildman–Crippen LogP) is 6.68. The molecular weight excluding hydrogens is 460 g/mol. The summed E-state index contributed by atoms with van der Waals surface area (Å²) in [6.45, 7) is 2.16. The van der Waals surface area contributed by atoms with Crippen LogP contribution in [0.4, 0.5) is 10.7 Å². The number of aromatic nitrogens is 1. The largest absolute Gasteiger partial charge is 0.397 e. The Morgan fingerprint density at radius 3 is 2.82 bits per heavy atom. The van der Waals surface area contributed by atoms with Gasteiger partial charge in [0, 0.05) is 16.0 Å². The summed E-state index contributed by atoms with van der Waals surface area (Å²) in [5.41, 5.74) is 10.8. The summed E-state index contributed by atoms with van der Waals surface area (Å²) in [6.07, 6.45) is 5.85. The zero-order valence-corrected chi connectivity index (χ0v) is 20.7. The van der Waals surface area contributed by atoms with Crippen LogP contribution >= 0.6 is 22.7 Å². The number of nitrogens with one attached hydrogen (secondary N) is 1. The van der Waals surface area contributed by atoms with Gasteiger partial charge in [-0.1, -0.05) is 43.7 Å². The average molecular weight is 487 g/mol. The predicted molar refractivity (Wildman–Crippen MR) is 141 cm³/mol. The summed E-state index contributed by atoms with van der Waals surface area (Å²) < 4.78 is 0. The van der Waals surface area contributed by atoms with Crippen LogP contribution in [0.5, 0.6) is 0 Å². The van der Waals surface area contributed by atoms with Gasteiger partial charge >= 0.3 is 0 Å². The van der Waals surface area contributed by atoms with Gasteiger partial charge in [-0.25, -0.2) is 4.98 Å². The van der Waals surface area contributed by atoms with Crippen molar-refractivity contribution in [3.8, 4) is 6.07 Å². The number of nitrogen functional groups attached to an aromatic ring is 1. The Bertz CT molecular complexity index is 1400. The molecule has 0 saturated heterocycles. The number of nitriles is 1. The molecule has 5 rings (SSSR count). The van der Waals surface area contributed by atoms with Crippen molar-refractivity contribution < 1.29 is 4.79 Å². The van der Waals surface area contributed by atoms with E-state index in [1.54, 1.807) is 0 Å². The Kier molecular flexibility index (Phi) is 6.36. The zero-order chi connectivity index (χ0) is 23.7. The number of carbonyl (C=O) groups is 1. The molecule has 34 heavy (non-hydrogen) atoms. The van der Waals surface area contributed by atoms with Gasteiger partial charge < -0.3 is 11.1 Å². The summed E-state index contributed by atoms with van der Waals surface area (Å²) in [4.78, 5) is 20.4. The number of nitrogens with zero attached hydrogens (tertiary/aromatic N) is 2. The molecule has 0 aliphatic heterocycles. The lowest BCUT2D eigenvalue weighted by Crippen LogP contribution is -2.12. The number of nitrogens with two attached hydrogens (primary N) is 1. The molecule has 0 radical (unpaired) electrons. The van der Waals surface area contributed by atoms with E-state index in [9.17, 15) is 10.1 Å². The fraction of sp³-hybridized carbons (Fsp3) is 0.296. The number of amides is 1. The van der Waals surface area contributed by atoms with Crippen LogP contribution in [0, 0.1) is 11.3 Å². The Morgan fingerprint density at radius 2 is 2.06 bits per heavy atom. The molecule has 1 unspecified atom stereocenters. The SMILES string of the molecule is CCCCc1ccc2c(N)c(C(=O)Nc3sc4c(c3C#N)CCC(c3ccccc3)C4)sc2n1. The van der Waals surface area contributed by atoms with Gasteiger partial charge in [0.1, 0.15) is 20.8 Å². The van der Waals surface area contributed by atoms with Crippen LogP contribution in [0.2, 0.25) is 0 Å². The smallest absolute Gasteiger partial charge is 0.268 e. The standard InChI is InChI=1S/C27H26N4OS2/c1-2-3-9-18-11-13-20-23(29)24(34-26(20)30-18)25(32)31-27-21(15-28)19-12-10-17(14-22(19)33-27)16-7-5-4-6-8-16/h4-8,11,13,17H,2-3,9-10,12,14,29H2,1H3,(H,31,32). The highest BCUT2D eigenvalue weighted by molar-refractivity contribution is 7.21. The molecule has 1 aliphatic carbocycles. The van der Waals surface area contributed by atoms with Gasteiger partial charge in [0.2, 0.25) is 0 Å². The zero-order valence-electron chi connectivity index (χ0n) is 19.1. The van der Waals surface area contributed by atoms with Crippen molar-refractivity contribution >= 4 is 49.5 Å². The molecule has 0 fully saturated rings. The van der Waals surface area contributed by atoms with Crippen molar-refractivity contribution in [1.29, 1.82) is 5.26 Å². The molecule has 1 amide bonds. The highest BCUT2D eigenvalue weighted by Gasteiger charge is 2.28. The van der Waals surface area contributed by atoms with E-state index in [1.807, 2.05) is 18.2 Å². The summed E-state index contributed by atoms with van der Waals surface area (Å²) in [5.74, 6) is 0.166. The van der Waals surface area contributed by atoms with Crippen LogP contribution in [-0.2, 0) is 19.3 Å². The minimum absolute atomic E-state index is 0.273. The third kappa shape index (κ3) is 4.20. The third-order valence-electron chi connectivity index (χ3n) is 6.52. The average Bonchev–Trinajstić information content (AvgIpc) is 3.38. The molecule has 0 saturated carbocycles. The molecular formula is C27H26N4OS2. The maximum atomic E-state index is 13.2. The second kappa shape index (κ2) is 9.57. The van der Waals surface area contributed by atoms with Gasteiger partial charge in [-0.15, -0.1) is 22.7 Å². The van der Waals surface area contributed by atoms with E-state index < -0.39 is 0 Å². The topological polar surface area (TPSA) is 91.8 Å². The molecule has 1 atom stereocenters. The van der Waals surface area contributed by atoms with Crippen LogP contribution in [0.15, 0.2) is 42.5 Å². The lowest BCUT2D eigenvalue weighted by Gasteiger charge is -2.22. The molecule has 3 N–H and O–H groups in total. The lowest BCUT2D eigenvalue weighted by molar-refractivity contribution is 0.103.